The van der Waals surface area contributed by atoms with Crippen molar-refractivity contribution >= 4 is 50.5 Å². The van der Waals surface area contributed by atoms with Crippen LogP contribution in [-0.2, 0) is 74.6 Å². The molecule has 138 heavy (non-hydrogen) atoms. The Kier molecular flexibility index (Phi) is 50.0. The van der Waals surface area contributed by atoms with Crippen LogP contribution in [0.25, 0.3) is 0 Å². The Bertz CT molecular complexity index is 4670. The van der Waals surface area contributed by atoms with Gasteiger partial charge in [0.15, 0.2) is 0 Å². The van der Waals surface area contributed by atoms with Gasteiger partial charge in [0.1, 0.15) is 22.2 Å². The number of aryl methyl sites for hydroxylation is 2. The van der Waals surface area contributed by atoms with Crippen LogP contribution in [0.2, 0.25) is 0 Å². The second-order valence-corrected chi connectivity index (χ2v) is 51.3. The lowest BCUT2D eigenvalue weighted by Crippen LogP contribution is -2.56. The molecule has 776 valence electrons. The van der Waals surface area contributed by atoms with E-state index in [1.165, 1.54) is 130 Å². The van der Waals surface area contributed by atoms with Crippen molar-refractivity contribution < 1.29 is 37.1 Å². The van der Waals surface area contributed by atoms with Crippen molar-refractivity contribution in [3.8, 4) is 0 Å². The van der Waals surface area contributed by atoms with Gasteiger partial charge in [-0.05, 0) is 327 Å². The number of carbonyl (C=O) groups is 4. The van der Waals surface area contributed by atoms with E-state index < -0.39 is 9.84 Å². The molecule has 19 nitrogen and oxygen atoms in total. The molecule has 0 aromatic heterocycles. The molecule has 2 amide bonds. The van der Waals surface area contributed by atoms with E-state index in [1.54, 1.807) is 13.0 Å². The van der Waals surface area contributed by atoms with Gasteiger partial charge in [-0.3, -0.25) is 44.0 Å². The second kappa shape index (κ2) is 56.1. The number of rotatable bonds is 12. The molecular weight excluding hydrogens is 1730 g/mol. The number of piperidine rings is 2. The molecule has 0 bridgehead atoms. The van der Waals surface area contributed by atoms with Crippen molar-refractivity contribution in [3.05, 3.63) is 202 Å². The molecule has 6 aromatic carbocycles. The number of nitrogens with zero attached hydrogens (tertiary/aromatic N) is 10. The third-order valence-electron chi connectivity index (χ3n) is 26.2. The first kappa shape index (κ1) is 123. The highest BCUT2D eigenvalue weighted by Crippen LogP contribution is 2.35. The number of anilines is 1. The standard InChI is InChI=1S/C15H23NO2.C15H23N.C14H20N2O.C14H20O.C13H17N.C13H20O2S.C9H20N2.C9H19N.C8H16N2O.C8H17NO/c1-15(2,3)13-8-6-7-12(11-13)14(17)18-10-9-16(4)5;1-15(2,3)16-11-9-14(10-12-16)13-7-5-4-6-8-13;1-14(2,3)15-9-10-16(13(17)11-15)12-7-5-4-6-8-12;1-11(15)8-9-12-6-5-7-13(10-12)14(2,3)4;1-9-7-10-8-11(13(2,3)4)5-6-12(10)14-9;1-13(2,3)12-7-5-6-11(10-12)8-9-16(4,14)15;1-9(2,3)11-7-5-10(4)6-8-11;1-9(2,3)10-7-5-4-6-8-10;1-8(2,3)10-5-4-9-7(11)6-10;1-8(2,3)9-4-6-10-7-5-9/h6-8,11H,9-10H2,1-5H3;4-8,14H,9-12H2,1-3H3;4-8H,9-11H2,1-3H3;5-7,10H,8-9H2,1-4H3;5-6,8H,7H2,1-4H3;5-7,10H,8-9H2,1-4H3;5-8H2,1-4H3;4-8H2,1-3H3;4-6H2,1-3H3,(H,9,11);4-7H2,1-3H3. The van der Waals surface area contributed by atoms with Crippen molar-refractivity contribution in [2.24, 2.45) is 4.99 Å². The molecule has 7 aliphatic rings. The minimum absolute atomic E-state index is 0.0416. The van der Waals surface area contributed by atoms with E-state index in [9.17, 15) is 27.6 Å². The second-order valence-electron chi connectivity index (χ2n) is 49.1. The zero-order valence-electron chi connectivity index (χ0n) is 93.9. The topological polar surface area (TPSA) is 174 Å². The van der Waals surface area contributed by atoms with Crippen LogP contribution in [0.1, 0.15) is 321 Å². The molecule has 0 spiro atoms. The molecule has 13 rings (SSSR count). The molecule has 7 aliphatic heterocycles. The summed E-state index contributed by atoms with van der Waals surface area (Å²) in [5.41, 5.74) is 16.6. The Labute approximate surface area is 842 Å². The number of likely N-dealkylation sites (tertiary alicyclic amines) is 2. The molecular formula is C118H195N11O8S. The van der Waals surface area contributed by atoms with Crippen LogP contribution in [0.15, 0.2) is 157 Å². The Morgan fingerprint density at radius 1 is 0.464 bits per heavy atom. The number of piperazine rings is 3. The number of amides is 2. The Balaban J connectivity index is 0.000000322. The number of carbonyl (C=O) groups excluding carboxylic acids is 4. The summed E-state index contributed by atoms with van der Waals surface area (Å²) in [6.07, 6.45) is 11.3. The smallest absolute Gasteiger partial charge is 0.338 e. The highest BCUT2D eigenvalue weighted by atomic mass is 32.2. The van der Waals surface area contributed by atoms with Gasteiger partial charge >= 0.3 is 5.97 Å². The lowest BCUT2D eigenvalue weighted by atomic mass is 9.86. The Morgan fingerprint density at radius 3 is 1.32 bits per heavy atom. The highest BCUT2D eigenvalue weighted by molar-refractivity contribution is 7.90. The van der Waals surface area contributed by atoms with Crippen LogP contribution < -0.4 is 10.2 Å². The maximum Gasteiger partial charge on any atom is 0.338 e. The summed E-state index contributed by atoms with van der Waals surface area (Å²) in [5, 5.41) is 2.80. The molecule has 0 atom stereocenters. The average molecular weight is 1930 g/mol. The number of fused-ring (bicyclic) bond motifs is 1. The van der Waals surface area contributed by atoms with Gasteiger partial charge in [-0.1, -0.05) is 211 Å². The largest absolute Gasteiger partial charge is 0.461 e. The SMILES string of the molecule is CC(=O)CCc1cccc(C(C)(C)C)c1.CC(C)(C)N1CCC(c2ccccc2)CC1.CC(C)(C)N1CCCCC1.CC(C)(C)N1CCN(c2ccccc2)C(=O)C1.CC(C)(C)N1CCNC(=O)C1.CC(C)(C)N1CCOCC1.CC(C)(C)c1cccc(CCS(C)(=O)=O)c1.CC1=Nc2ccc(C(C)(C)C)cc2C1.CN(C)CCOC(=O)c1cccc(C(C)(C)C)c1.CN1CCN(C(C)(C)C)CC1. The van der Waals surface area contributed by atoms with Gasteiger partial charge in [-0.25, -0.2) is 13.2 Å². The summed E-state index contributed by atoms with van der Waals surface area (Å²) in [4.78, 5) is 71.2. The van der Waals surface area contributed by atoms with Crippen LogP contribution in [0.5, 0.6) is 0 Å². The Hall–Kier alpha value is -7.34. The van der Waals surface area contributed by atoms with E-state index in [-0.39, 0.29) is 62.1 Å². The van der Waals surface area contributed by atoms with Crippen LogP contribution >= 0.6 is 0 Å². The number of nitrogens with one attached hydrogen (secondary N) is 1. The molecule has 6 fully saturated rings. The van der Waals surface area contributed by atoms with Crippen molar-refractivity contribution in [2.75, 3.05) is 169 Å². The van der Waals surface area contributed by atoms with Crippen LogP contribution in [0.3, 0.4) is 0 Å². The third kappa shape index (κ3) is 48.6. The molecule has 6 saturated heterocycles. The number of benzene rings is 6. The van der Waals surface area contributed by atoms with E-state index in [2.05, 4.69) is 351 Å². The molecule has 0 aliphatic carbocycles. The lowest BCUT2D eigenvalue weighted by Gasteiger charge is -2.41. The lowest BCUT2D eigenvalue weighted by molar-refractivity contribution is -0.126. The molecule has 6 aromatic rings. The Morgan fingerprint density at radius 2 is 0.891 bits per heavy atom. The number of Topliss-reactive ketones (excluding diaryl/α,β-unsaturated/α-hetero) is 1. The van der Waals surface area contributed by atoms with Crippen molar-refractivity contribution in [1.29, 1.82) is 0 Å². The van der Waals surface area contributed by atoms with Gasteiger partial charge in [0.05, 0.1) is 43.3 Å². The fraction of sp³-hybridized carbons (Fsp3) is 0.653. The molecule has 0 saturated carbocycles. The molecule has 0 radical (unpaired) electrons. The number of likely N-dealkylation sites (N-methyl/N-ethyl adjacent to an activating group) is 2. The van der Waals surface area contributed by atoms with Gasteiger partial charge in [-0.15, -0.1) is 0 Å². The average Bonchev–Trinajstić information content (AvgIpc) is 1.71. The first-order valence-corrected chi connectivity index (χ1v) is 53.6. The molecule has 1 N–H and O–H groups in total. The molecule has 20 heteroatoms. The maximum atomic E-state index is 12.1. The normalized spacial score (nSPS) is 17.4. The predicted molar refractivity (Wildman–Crippen MR) is 589 cm³/mol. The number of esters is 1. The number of hydrogen-bond acceptors (Lipinski definition) is 17. The van der Waals surface area contributed by atoms with Gasteiger partial charge in [0.2, 0.25) is 11.8 Å². The van der Waals surface area contributed by atoms with Gasteiger partial charge in [0.25, 0.3) is 0 Å². The summed E-state index contributed by atoms with van der Waals surface area (Å²) >= 11 is 0. The number of para-hydroxylation sites is 1. The fourth-order valence-electron chi connectivity index (χ4n) is 16.6. The van der Waals surface area contributed by atoms with Crippen molar-refractivity contribution in [1.82, 2.24) is 44.5 Å². The summed E-state index contributed by atoms with van der Waals surface area (Å²) in [7, 11) is 3.23. The minimum Gasteiger partial charge on any atom is -0.461 e. The highest BCUT2D eigenvalue weighted by Gasteiger charge is 2.34. The van der Waals surface area contributed by atoms with Crippen molar-refractivity contribution in [2.45, 2.75) is 340 Å². The first-order valence-electron chi connectivity index (χ1n) is 51.5. The van der Waals surface area contributed by atoms with Gasteiger partial charge < -0.3 is 34.3 Å². The van der Waals surface area contributed by atoms with Gasteiger partial charge in [0, 0.05) is 136 Å². The van der Waals surface area contributed by atoms with Crippen LogP contribution in [0.4, 0.5) is 11.4 Å². The predicted octanol–water partition coefficient (Wildman–Crippen LogP) is 22.8. The summed E-state index contributed by atoms with van der Waals surface area (Å²) in [6.45, 7) is 89.9. The fourth-order valence-corrected chi connectivity index (χ4v) is 17.2. The number of aliphatic imine (C=N–C) groups is 1. The summed E-state index contributed by atoms with van der Waals surface area (Å²) < 4.78 is 32.7. The third-order valence-corrected chi connectivity index (χ3v) is 27.2. The quantitative estimate of drug-likeness (QED) is 0.114. The monoisotopic (exact) mass is 1930 g/mol. The number of hydrogen-bond donors (Lipinski definition) is 1. The maximum absolute atomic E-state index is 12.1. The zero-order chi connectivity index (χ0) is 104. The first-order chi connectivity index (χ1) is 63.6. The number of ketones is 1. The van der Waals surface area contributed by atoms with Gasteiger partial charge in [-0.2, -0.15) is 0 Å². The van der Waals surface area contributed by atoms with E-state index in [1.807, 2.05) is 84.6 Å². The summed E-state index contributed by atoms with van der Waals surface area (Å²) in [6, 6.07) is 51.9. The molecule has 0 unspecified atom stereocenters. The molecule has 7 heterocycles. The minimum atomic E-state index is -2.87. The van der Waals surface area contributed by atoms with E-state index in [4.69, 9.17) is 9.47 Å². The number of morpholine rings is 1. The number of sulfone groups is 1. The van der Waals surface area contributed by atoms with E-state index in [0.717, 1.165) is 100 Å². The number of ether oxygens (including phenoxy) is 2. The zero-order valence-corrected chi connectivity index (χ0v) is 94.7. The van der Waals surface area contributed by atoms with E-state index in [0.29, 0.717) is 60.3 Å². The van der Waals surface area contributed by atoms with Crippen LogP contribution in [0, 0.1) is 0 Å². The van der Waals surface area contributed by atoms with Crippen molar-refractivity contribution in [3.63, 3.8) is 0 Å². The van der Waals surface area contributed by atoms with E-state index >= 15 is 0 Å². The summed E-state index contributed by atoms with van der Waals surface area (Å²) in [5.74, 6) is 1.35. The van der Waals surface area contributed by atoms with Crippen LogP contribution in [-0.4, -0.2) is 274 Å².